The van der Waals surface area contributed by atoms with Crippen molar-refractivity contribution >= 4 is 23.0 Å². The maximum absolute atomic E-state index is 8.87. The van der Waals surface area contributed by atoms with E-state index in [0.29, 0.717) is 4.83 Å². The molecule has 11 heavy (non-hydrogen) atoms. The number of halogens is 1. The van der Waals surface area contributed by atoms with Crippen molar-refractivity contribution in [2.45, 2.75) is 43.8 Å². The second-order valence-corrected chi connectivity index (χ2v) is 4.50. The largest absolute Gasteiger partial charge is 0.454 e. The first kappa shape index (κ1) is 11.5. The van der Waals surface area contributed by atoms with Crippen LogP contribution in [0.4, 0.5) is 0 Å². The Kier molecular flexibility index (Phi) is 6.29. The summed E-state index contributed by atoms with van der Waals surface area (Å²) in [7, 11) is -1.15. The van der Waals surface area contributed by atoms with Gasteiger partial charge >= 0.3 is 7.12 Å². The minimum atomic E-state index is -1.15. The van der Waals surface area contributed by atoms with Crippen molar-refractivity contribution in [2.75, 3.05) is 0 Å². The molecule has 0 aromatic carbocycles. The Bertz CT molecular complexity index is 98.4. The number of rotatable bonds is 5. The van der Waals surface area contributed by atoms with E-state index in [1.165, 1.54) is 0 Å². The first-order valence-electron chi connectivity index (χ1n) is 4.08. The first-order valence-corrected chi connectivity index (χ1v) is 4.99. The second kappa shape index (κ2) is 6.03. The van der Waals surface area contributed by atoms with E-state index in [-0.39, 0.29) is 5.82 Å². The molecule has 2 nitrogen and oxygen atoms in total. The molecular formula is C7H16BBrO2. The SMILES string of the molecule is CCC(CCC(C)Br)B(O)O. The van der Waals surface area contributed by atoms with Crippen LogP contribution in [0, 0.1) is 0 Å². The van der Waals surface area contributed by atoms with Gasteiger partial charge in [0.25, 0.3) is 0 Å². The van der Waals surface area contributed by atoms with Gasteiger partial charge in [-0.3, -0.25) is 0 Å². The molecule has 0 fully saturated rings. The van der Waals surface area contributed by atoms with Crippen LogP contribution in [0.15, 0.2) is 0 Å². The summed E-state index contributed by atoms with van der Waals surface area (Å²) in [5, 5.41) is 17.7. The van der Waals surface area contributed by atoms with Gasteiger partial charge in [-0.15, -0.1) is 0 Å². The molecule has 0 aliphatic rings. The first-order chi connectivity index (χ1) is 5.07. The smallest absolute Gasteiger partial charge is 0.427 e. The van der Waals surface area contributed by atoms with E-state index in [1.807, 2.05) is 6.92 Å². The van der Waals surface area contributed by atoms with Crippen LogP contribution < -0.4 is 0 Å². The van der Waals surface area contributed by atoms with Crippen LogP contribution in [0.2, 0.25) is 5.82 Å². The molecule has 0 aromatic heterocycles. The fraction of sp³-hybridized carbons (Fsp3) is 1.00. The minimum Gasteiger partial charge on any atom is -0.427 e. The third-order valence-corrected chi connectivity index (χ3v) is 2.34. The summed E-state index contributed by atoms with van der Waals surface area (Å²) in [6.45, 7) is 4.04. The fourth-order valence-corrected chi connectivity index (χ4v) is 1.27. The Balaban J connectivity index is 3.52. The lowest BCUT2D eigenvalue weighted by molar-refractivity contribution is 0.373. The van der Waals surface area contributed by atoms with Crippen molar-refractivity contribution in [1.82, 2.24) is 0 Å². The van der Waals surface area contributed by atoms with Gasteiger partial charge in [-0.1, -0.05) is 42.6 Å². The highest BCUT2D eigenvalue weighted by Crippen LogP contribution is 2.21. The number of hydrogen-bond donors (Lipinski definition) is 2. The van der Waals surface area contributed by atoms with Gasteiger partial charge in [-0.2, -0.15) is 0 Å². The minimum absolute atomic E-state index is 0.0370. The predicted molar refractivity (Wildman–Crippen MR) is 51.9 cm³/mol. The van der Waals surface area contributed by atoms with Gasteiger partial charge in [-0.05, 0) is 12.2 Å². The standard InChI is InChI=1S/C7H16BBrO2/c1-3-7(8(10)11)5-4-6(2)9/h6-7,10-11H,3-5H2,1-2H3. The van der Waals surface area contributed by atoms with Crippen molar-refractivity contribution in [3.8, 4) is 0 Å². The summed E-state index contributed by atoms with van der Waals surface area (Å²) >= 11 is 3.42. The molecule has 0 bridgehead atoms. The molecule has 66 valence electrons. The van der Waals surface area contributed by atoms with Crippen molar-refractivity contribution in [3.63, 3.8) is 0 Å². The van der Waals surface area contributed by atoms with E-state index in [2.05, 4.69) is 22.9 Å². The lowest BCUT2D eigenvalue weighted by Gasteiger charge is -2.13. The van der Waals surface area contributed by atoms with Gasteiger partial charge in [-0.25, -0.2) is 0 Å². The third-order valence-electron chi connectivity index (χ3n) is 1.88. The summed E-state index contributed by atoms with van der Waals surface area (Å²) in [4.78, 5) is 0.468. The second-order valence-electron chi connectivity index (χ2n) is 2.94. The highest BCUT2D eigenvalue weighted by molar-refractivity contribution is 9.09. The van der Waals surface area contributed by atoms with Crippen molar-refractivity contribution < 1.29 is 10.0 Å². The van der Waals surface area contributed by atoms with Gasteiger partial charge in [0.15, 0.2) is 0 Å². The lowest BCUT2D eigenvalue weighted by atomic mass is 9.69. The molecule has 2 N–H and O–H groups in total. The van der Waals surface area contributed by atoms with Crippen LogP contribution >= 0.6 is 15.9 Å². The van der Waals surface area contributed by atoms with E-state index in [0.717, 1.165) is 19.3 Å². The van der Waals surface area contributed by atoms with Crippen LogP contribution in [0.3, 0.4) is 0 Å². The Morgan fingerprint density at radius 1 is 1.36 bits per heavy atom. The quantitative estimate of drug-likeness (QED) is 0.551. The van der Waals surface area contributed by atoms with Crippen LogP contribution in [-0.2, 0) is 0 Å². The molecule has 0 aliphatic heterocycles. The van der Waals surface area contributed by atoms with Crippen molar-refractivity contribution in [1.29, 1.82) is 0 Å². The van der Waals surface area contributed by atoms with E-state index in [9.17, 15) is 0 Å². The zero-order valence-corrected chi connectivity index (χ0v) is 8.71. The van der Waals surface area contributed by atoms with E-state index < -0.39 is 7.12 Å². The molecule has 0 rings (SSSR count). The van der Waals surface area contributed by atoms with Crippen LogP contribution in [0.25, 0.3) is 0 Å². The monoisotopic (exact) mass is 222 g/mol. The summed E-state index contributed by atoms with van der Waals surface area (Å²) in [5.74, 6) is 0.0370. The molecule has 2 atom stereocenters. The molecular weight excluding hydrogens is 207 g/mol. The summed E-state index contributed by atoms with van der Waals surface area (Å²) in [5.41, 5.74) is 0. The maximum atomic E-state index is 8.87. The van der Waals surface area contributed by atoms with Gasteiger partial charge in [0.05, 0.1) is 0 Å². The molecule has 0 heterocycles. The third kappa shape index (κ3) is 5.70. The van der Waals surface area contributed by atoms with Gasteiger partial charge in [0.1, 0.15) is 0 Å². The Morgan fingerprint density at radius 2 is 1.91 bits per heavy atom. The molecule has 2 unspecified atom stereocenters. The molecule has 0 aromatic rings. The van der Waals surface area contributed by atoms with Crippen molar-refractivity contribution in [2.24, 2.45) is 0 Å². The topological polar surface area (TPSA) is 40.5 Å². The van der Waals surface area contributed by atoms with Crippen LogP contribution in [0.1, 0.15) is 33.1 Å². The summed E-state index contributed by atoms with van der Waals surface area (Å²) in [6.07, 6.45) is 2.70. The van der Waals surface area contributed by atoms with Gasteiger partial charge < -0.3 is 10.0 Å². The summed E-state index contributed by atoms with van der Waals surface area (Å²) < 4.78 is 0. The molecule has 4 heteroatoms. The lowest BCUT2D eigenvalue weighted by Crippen LogP contribution is -2.20. The summed E-state index contributed by atoms with van der Waals surface area (Å²) in [6, 6.07) is 0. The average molecular weight is 223 g/mol. The van der Waals surface area contributed by atoms with Gasteiger partial charge in [0, 0.05) is 4.83 Å². The fourth-order valence-electron chi connectivity index (χ4n) is 1.01. The average Bonchev–Trinajstić information content (AvgIpc) is 1.87. The normalized spacial score (nSPS) is 16.1. The molecule has 0 aliphatic carbocycles. The molecule has 0 radical (unpaired) electrons. The molecule has 0 saturated carbocycles. The highest BCUT2D eigenvalue weighted by Gasteiger charge is 2.20. The number of hydrogen-bond acceptors (Lipinski definition) is 2. The zero-order chi connectivity index (χ0) is 8.85. The molecule has 0 saturated heterocycles. The Labute approximate surface area is 77.3 Å². The van der Waals surface area contributed by atoms with E-state index >= 15 is 0 Å². The van der Waals surface area contributed by atoms with E-state index in [1.54, 1.807) is 0 Å². The Morgan fingerprint density at radius 3 is 2.18 bits per heavy atom. The van der Waals surface area contributed by atoms with Crippen LogP contribution in [-0.4, -0.2) is 22.0 Å². The number of alkyl halides is 1. The molecule has 0 amide bonds. The van der Waals surface area contributed by atoms with Crippen molar-refractivity contribution in [3.05, 3.63) is 0 Å². The highest BCUT2D eigenvalue weighted by atomic mass is 79.9. The van der Waals surface area contributed by atoms with E-state index in [4.69, 9.17) is 10.0 Å². The molecule has 0 spiro atoms. The zero-order valence-electron chi connectivity index (χ0n) is 7.13. The van der Waals surface area contributed by atoms with Crippen LogP contribution in [0.5, 0.6) is 0 Å². The van der Waals surface area contributed by atoms with Gasteiger partial charge in [0.2, 0.25) is 0 Å². The Hall–Kier alpha value is 0.465. The maximum Gasteiger partial charge on any atom is 0.454 e. The predicted octanol–water partition coefficient (Wildman–Crippen LogP) is 1.80.